The highest BCUT2D eigenvalue weighted by atomic mass is 16.8. The van der Waals surface area contributed by atoms with Crippen molar-refractivity contribution in [1.29, 1.82) is 0 Å². The molecule has 0 radical (unpaired) electrons. The minimum atomic E-state index is -2.26. The second kappa shape index (κ2) is 8.39. The van der Waals surface area contributed by atoms with E-state index in [1.807, 2.05) is 0 Å². The van der Waals surface area contributed by atoms with E-state index in [1.54, 1.807) is 0 Å². The number of hydrogen-bond donors (Lipinski definition) is 7. The summed E-state index contributed by atoms with van der Waals surface area (Å²) >= 11 is 0. The van der Waals surface area contributed by atoms with Gasteiger partial charge in [-0.05, 0) is 0 Å². The van der Waals surface area contributed by atoms with Gasteiger partial charge in [0.1, 0.15) is 43.2 Å². The van der Waals surface area contributed by atoms with E-state index in [9.17, 15) is 35.4 Å². The first-order valence-electron chi connectivity index (χ1n) is 7.94. The second-order valence-electron chi connectivity index (χ2n) is 6.14. The van der Waals surface area contributed by atoms with Crippen molar-refractivity contribution in [2.75, 3.05) is 19.8 Å². The van der Waals surface area contributed by atoms with Gasteiger partial charge >= 0.3 is 5.97 Å². The fourth-order valence-corrected chi connectivity index (χ4v) is 2.95. The Morgan fingerprint density at radius 3 is 2.08 bits per heavy atom. The highest BCUT2D eigenvalue weighted by molar-refractivity contribution is 5.66. The van der Waals surface area contributed by atoms with Crippen molar-refractivity contribution in [3.8, 4) is 0 Å². The normalized spacial score (nSPS) is 46.3. The molecule has 2 fully saturated rings. The average Bonchev–Trinajstić information content (AvgIpc) is 2.86. The average molecular weight is 384 g/mol. The Kier molecular flexibility index (Phi) is 6.90. The van der Waals surface area contributed by atoms with Gasteiger partial charge in [-0.3, -0.25) is 4.79 Å². The molecule has 0 amide bonds. The van der Waals surface area contributed by atoms with Crippen molar-refractivity contribution < 1.29 is 59.5 Å². The van der Waals surface area contributed by atoms with E-state index in [0.29, 0.717) is 0 Å². The summed E-state index contributed by atoms with van der Waals surface area (Å²) in [7, 11) is 0. The Morgan fingerprint density at radius 2 is 1.62 bits per heavy atom. The molecule has 12 heteroatoms. The molecule has 2 saturated heterocycles. The molecule has 26 heavy (non-hydrogen) atoms. The van der Waals surface area contributed by atoms with Gasteiger partial charge in [-0.1, -0.05) is 0 Å². The molecule has 0 aromatic rings. The molecule has 2 aliphatic heterocycles. The van der Waals surface area contributed by atoms with E-state index in [1.165, 1.54) is 0 Å². The molecular weight excluding hydrogens is 360 g/mol. The molecule has 7 N–H and O–H groups in total. The van der Waals surface area contributed by atoms with Crippen LogP contribution in [0, 0.1) is 0 Å². The predicted molar refractivity (Wildman–Crippen MR) is 78.2 cm³/mol. The van der Waals surface area contributed by atoms with Gasteiger partial charge in [0, 0.05) is 6.92 Å². The Balaban J connectivity index is 2.19. The maximum Gasteiger partial charge on any atom is 0.303 e. The van der Waals surface area contributed by atoms with Crippen molar-refractivity contribution in [3.63, 3.8) is 0 Å². The molecule has 0 saturated carbocycles. The van der Waals surface area contributed by atoms with E-state index in [-0.39, 0.29) is 0 Å². The van der Waals surface area contributed by atoms with E-state index in [4.69, 9.17) is 24.1 Å². The first-order valence-corrected chi connectivity index (χ1v) is 7.94. The van der Waals surface area contributed by atoms with Crippen LogP contribution in [-0.4, -0.2) is 116 Å². The topological polar surface area (TPSA) is 196 Å². The minimum Gasteiger partial charge on any atom is -0.457 e. The van der Waals surface area contributed by atoms with Crippen molar-refractivity contribution in [1.82, 2.24) is 0 Å². The predicted octanol–water partition coefficient (Wildman–Crippen LogP) is -4.82. The van der Waals surface area contributed by atoms with E-state index in [0.717, 1.165) is 6.92 Å². The molecule has 12 nitrogen and oxygen atoms in total. The van der Waals surface area contributed by atoms with Gasteiger partial charge in [0.2, 0.25) is 5.79 Å². The van der Waals surface area contributed by atoms with Crippen molar-refractivity contribution in [3.05, 3.63) is 0 Å². The number of rotatable bonds is 6. The molecule has 0 spiro atoms. The number of ether oxygens (including phenoxy) is 4. The molecule has 0 aliphatic carbocycles. The van der Waals surface area contributed by atoms with Crippen LogP contribution in [0.15, 0.2) is 0 Å². The summed E-state index contributed by atoms with van der Waals surface area (Å²) in [5, 5.41) is 68.4. The third-order valence-corrected chi connectivity index (χ3v) is 4.34. The molecule has 9 atom stereocenters. The fourth-order valence-electron chi connectivity index (χ4n) is 2.95. The molecule has 2 heterocycles. The van der Waals surface area contributed by atoms with Gasteiger partial charge in [0.15, 0.2) is 12.4 Å². The molecule has 0 aromatic heterocycles. The van der Waals surface area contributed by atoms with Crippen molar-refractivity contribution in [2.45, 2.75) is 61.7 Å². The largest absolute Gasteiger partial charge is 0.457 e. The standard InChI is InChI=1S/C14H24O12/c1-5(18)23-11-7(3-16)24-13(10(21)9(11)20)26-14(4-17)12(22)8(19)6(2-15)25-14/h6-13,15-17,19-22H,2-4H2,1H3/t6-,7-,8-,9-,10-,11-,12+,13+,14+/m1/s1. The van der Waals surface area contributed by atoms with E-state index < -0.39 is 80.6 Å². The maximum atomic E-state index is 11.1. The summed E-state index contributed by atoms with van der Waals surface area (Å²) in [6.45, 7) is -1.32. The Bertz CT molecular complexity index is 487. The van der Waals surface area contributed by atoms with Gasteiger partial charge in [0.05, 0.1) is 13.2 Å². The van der Waals surface area contributed by atoms with Crippen molar-refractivity contribution in [2.24, 2.45) is 0 Å². The Labute approximate surface area is 148 Å². The zero-order valence-electron chi connectivity index (χ0n) is 13.9. The molecule has 152 valence electrons. The third kappa shape index (κ3) is 3.84. The second-order valence-corrected chi connectivity index (χ2v) is 6.14. The van der Waals surface area contributed by atoms with Crippen LogP contribution >= 0.6 is 0 Å². The number of esters is 1. The van der Waals surface area contributed by atoms with E-state index in [2.05, 4.69) is 0 Å². The van der Waals surface area contributed by atoms with Crippen LogP contribution in [0.1, 0.15) is 6.92 Å². The van der Waals surface area contributed by atoms with Gasteiger partial charge in [-0.25, -0.2) is 0 Å². The van der Waals surface area contributed by atoms with Crippen LogP contribution in [0.4, 0.5) is 0 Å². The lowest BCUT2D eigenvalue weighted by molar-refractivity contribution is -0.383. The van der Waals surface area contributed by atoms with Gasteiger partial charge < -0.3 is 54.7 Å². The lowest BCUT2D eigenvalue weighted by Crippen LogP contribution is -2.63. The van der Waals surface area contributed by atoms with Crippen LogP contribution < -0.4 is 0 Å². The summed E-state index contributed by atoms with van der Waals surface area (Å²) in [6.07, 6.45) is -12.6. The minimum absolute atomic E-state index is 0.687. The van der Waals surface area contributed by atoms with Crippen LogP contribution in [0.25, 0.3) is 0 Å². The SMILES string of the molecule is CC(=O)O[C@H]1[C@H](O)[C@@H](O)[C@H](O[C@]2(CO)O[C@H](CO)[C@@H](O)[C@@H]2O)O[C@@H]1CO. The summed E-state index contributed by atoms with van der Waals surface area (Å²) in [4.78, 5) is 11.1. The number of carbonyl (C=O) groups is 1. The van der Waals surface area contributed by atoms with Crippen molar-refractivity contribution >= 4 is 5.97 Å². The summed E-state index contributed by atoms with van der Waals surface area (Å²) in [5.41, 5.74) is 0. The van der Waals surface area contributed by atoms with Crippen LogP contribution in [0.2, 0.25) is 0 Å². The van der Waals surface area contributed by atoms with Gasteiger partial charge in [-0.15, -0.1) is 0 Å². The highest BCUT2D eigenvalue weighted by Gasteiger charge is 2.58. The number of aliphatic hydroxyl groups is 7. The van der Waals surface area contributed by atoms with Gasteiger partial charge in [-0.2, -0.15) is 0 Å². The lowest BCUT2D eigenvalue weighted by Gasteiger charge is -2.44. The number of aliphatic hydroxyl groups excluding tert-OH is 7. The maximum absolute atomic E-state index is 11.1. The first kappa shape index (κ1) is 21.4. The highest BCUT2D eigenvalue weighted by Crippen LogP contribution is 2.36. The first-order chi connectivity index (χ1) is 12.2. The molecule has 2 rings (SSSR count). The van der Waals surface area contributed by atoms with Crippen LogP contribution in [-0.2, 0) is 23.7 Å². The van der Waals surface area contributed by atoms with E-state index >= 15 is 0 Å². The Morgan fingerprint density at radius 1 is 1.00 bits per heavy atom. The zero-order valence-corrected chi connectivity index (χ0v) is 13.9. The van der Waals surface area contributed by atoms with Crippen LogP contribution in [0.3, 0.4) is 0 Å². The van der Waals surface area contributed by atoms with Crippen LogP contribution in [0.5, 0.6) is 0 Å². The molecule has 0 aromatic carbocycles. The lowest BCUT2D eigenvalue weighted by atomic mass is 9.98. The summed E-state index contributed by atoms with van der Waals surface area (Å²) < 4.78 is 20.6. The van der Waals surface area contributed by atoms with Gasteiger partial charge in [0.25, 0.3) is 0 Å². The molecule has 0 bridgehead atoms. The number of hydrogen-bond acceptors (Lipinski definition) is 12. The smallest absolute Gasteiger partial charge is 0.303 e. The molecule has 2 aliphatic rings. The molecule has 0 unspecified atom stereocenters. The summed E-state index contributed by atoms with van der Waals surface area (Å²) in [6, 6.07) is 0. The number of carbonyl (C=O) groups excluding carboxylic acids is 1. The fraction of sp³-hybridized carbons (Fsp3) is 0.929. The zero-order chi connectivity index (χ0) is 19.6. The quantitative estimate of drug-likeness (QED) is 0.216. The summed E-state index contributed by atoms with van der Waals surface area (Å²) in [5.74, 6) is -3.04. The third-order valence-electron chi connectivity index (χ3n) is 4.34. The molecular formula is C14H24O12. The Hall–Kier alpha value is -0.930. The monoisotopic (exact) mass is 384 g/mol.